The topological polar surface area (TPSA) is 136 Å². The number of anilines is 1. The summed E-state index contributed by atoms with van der Waals surface area (Å²) in [7, 11) is 0. The fourth-order valence-corrected chi connectivity index (χ4v) is 2.00. The van der Waals surface area contributed by atoms with E-state index in [1.807, 2.05) is 0 Å². The van der Waals surface area contributed by atoms with Gasteiger partial charge in [0.1, 0.15) is 17.9 Å². The third-order valence-corrected chi connectivity index (χ3v) is 3.81. The SMILES string of the molecule is Cc1cc([N+](=O)[O-])c(NC[C@H](O)[C@H](O)[C@@H](O)CO)cc1Br. The second kappa shape index (κ2) is 7.66. The zero-order chi connectivity index (χ0) is 16.2. The van der Waals surface area contributed by atoms with E-state index in [9.17, 15) is 25.4 Å². The molecule has 21 heavy (non-hydrogen) atoms. The molecule has 0 heterocycles. The second-order valence-electron chi connectivity index (χ2n) is 4.56. The quantitative estimate of drug-likeness (QED) is 0.343. The Kier molecular flexibility index (Phi) is 6.49. The molecule has 0 unspecified atom stereocenters. The van der Waals surface area contributed by atoms with Gasteiger partial charge in [0.2, 0.25) is 0 Å². The van der Waals surface area contributed by atoms with E-state index in [1.54, 1.807) is 6.92 Å². The van der Waals surface area contributed by atoms with Gasteiger partial charge in [0.15, 0.2) is 0 Å². The maximum Gasteiger partial charge on any atom is 0.292 e. The van der Waals surface area contributed by atoms with E-state index >= 15 is 0 Å². The van der Waals surface area contributed by atoms with Crippen LogP contribution in [-0.4, -0.2) is 56.8 Å². The highest BCUT2D eigenvalue weighted by molar-refractivity contribution is 9.10. The molecule has 118 valence electrons. The Balaban J connectivity index is 2.84. The van der Waals surface area contributed by atoms with Crippen molar-refractivity contribution >= 4 is 27.3 Å². The number of aliphatic hydroxyl groups excluding tert-OH is 4. The Morgan fingerprint density at radius 3 is 2.48 bits per heavy atom. The lowest BCUT2D eigenvalue weighted by Crippen LogP contribution is -2.42. The van der Waals surface area contributed by atoms with Crippen LogP contribution in [0.4, 0.5) is 11.4 Å². The molecule has 0 aliphatic heterocycles. The van der Waals surface area contributed by atoms with Crippen LogP contribution in [0.25, 0.3) is 0 Å². The fourth-order valence-electron chi connectivity index (χ4n) is 1.66. The largest absolute Gasteiger partial charge is 0.394 e. The summed E-state index contributed by atoms with van der Waals surface area (Å²) in [4.78, 5) is 10.4. The number of nitro benzene ring substituents is 1. The third kappa shape index (κ3) is 4.61. The molecule has 9 heteroatoms. The molecule has 1 aromatic rings. The van der Waals surface area contributed by atoms with E-state index in [4.69, 9.17) is 5.11 Å². The van der Waals surface area contributed by atoms with Crippen molar-refractivity contribution < 1.29 is 25.3 Å². The summed E-state index contributed by atoms with van der Waals surface area (Å²) < 4.78 is 0.654. The molecule has 0 saturated heterocycles. The highest BCUT2D eigenvalue weighted by atomic mass is 79.9. The van der Waals surface area contributed by atoms with Gasteiger partial charge in [-0.05, 0) is 18.6 Å². The van der Waals surface area contributed by atoms with Gasteiger partial charge >= 0.3 is 0 Å². The Morgan fingerprint density at radius 2 is 1.95 bits per heavy atom. The number of aryl methyl sites for hydroxylation is 1. The molecular weight excluding hydrogens is 348 g/mol. The van der Waals surface area contributed by atoms with Crippen molar-refractivity contribution in [1.29, 1.82) is 0 Å². The number of halogens is 1. The number of aliphatic hydroxyl groups is 4. The maximum absolute atomic E-state index is 11.0. The average Bonchev–Trinajstić information content (AvgIpc) is 2.45. The molecular formula is C12H17BrN2O6. The van der Waals surface area contributed by atoms with Gasteiger partial charge in [0, 0.05) is 17.1 Å². The van der Waals surface area contributed by atoms with E-state index in [0.717, 1.165) is 0 Å². The minimum Gasteiger partial charge on any atom is -0.394 e. The Morgan fingerprint density at radius 1 is 1.33 bits per heavy atom. The van der Waals surface area contributed by atoms with Gasteiger partial charge in [0.05, 0.1) is 17.6 Å². The second-order valence-corrected chi connectivity index (χ2v) is 5.42. The van der Waals surface area contributed by atoms with Gasteiger partial charge in [-0.2, -0.15) is 0 Å². The van der Waals surface area contributed by atoms with E-state index in [1.165, 1.54) is 12.1 Å². The van der Waals surface area contributed by atoms with Crippen molar-refractivity contribution in [3.63, 3.8) is 0 Å². The Labute approximate surface area is 129 Å². The van der Waals surface area contributed by atoms with Crippen LogP contribution in [0.3, 0.4) is 0 Å². The number of hydrogen-bond donors (Lipinski definition) is 5. The van der Waals surface area contributed by atoms with Crippen LogP contribution in [0.15, 0.2) is 16.6 Å². The summed E-state index contributed by atoms with van der Waals surface area (Å²) in [6, 6.07) is 2.87. The first-order valence-electron chi connectivity index (χ1n) is 6.11. The summed E-state index contributed by atoms with van der Waals surface area (Å²) in [5, 5.41) is 50.7. The standard InChI is InChI=1S/C12H17BrN2O6/c1-6-2-9(15(20)21)8(3-7(6)13)14-4-10(17)12(19)11(18)5-16/h2-3,10-12,14,16-19H,4-5H2,1H3/t10-,11-,12-/m0/s1. The zero-order valence-electron chi connectivity index (χ0n) is 11.2. The molecule has 5 N–H and O–H groups in total. The van der Waals surface area contributed by atoms with Crippen molar-refractivity contribution in [2.45, 2.75) is 25.2 Å². The van der Waals surface area contributed by atoms with E-state index in [-0.39, 0.29) is 17.9 Å². The van der Waals surface area contributed by atoms with Crippen molar-refractivity contribution in [2.24, 2.45) is 0 Å². The number of hydrogen-bond acceptors (Lipinski definition) is 7. The van der Waals surface area contributed by atoms with E-state index < -0.39 is 29.8 Å². The minimum atomic E-state index is -1.56. The molecule has 0 amide bonds. The molecule has 1 aromatic carbocycles. The Bertz CT molecular complexity index is 513. The van der Waals surface area contributed by atoms with Gasteiger partial charge in [-0.25, -0.2) is 0 Å². The summed E-state index contributed by atoms with van der Waals surface area (Å²) in [5.74, 6) is 0. The molecule has 0 aliphatic rings. The molecule has 3 atom stereocenters. The molecule has 0 fully saturated rings. The van der Waals surface area contributed by atoms with Gasteiger partial charge < -0.3 is 25.7 Å². The molecule has 0 aromatic heterocycles. The minimum absolute atomic E-state index is 0.167. The van der Waals surface area contributed by atoms with Crippen LogP contribution in [0.2, 0.25) is 0 Å². The summed E-state index contributed by atoms with van der Waals surface area (Å²) in [5.41, 5.74) is 0.686. The lowest BCUT2D eigenvalue weighted by molar-refractivity contribution is -0.384. The van der Waals surface area contributed by atoms with Crippen LogP contribution in [0, 0.1) is 17.0 Å². The molecule has 0 bridgehead atoms. The molecule has 0 saturated carbocycles. The van der Waals surface area contributed by atoms with Gasteiger partial charge in [0.25, 0.3) is 5.69 Å². The summed E-state index contributed by atoms with van der Waals surface area (Å²) >= 11 is 3.25. The van der Waals surface area contributed by atoms with Crippen LogP contribution in [0.1, 0.15) is 5.56 Å². The van der Waals surface area contributed by atoms with E-state index in [2.05, 4.69) is 21.2 Å². The molecule has 0 radical (unpaired) electrons. The molecule has 0 spiro atoms. The monoisotopic (exact) mass is 364 g/mol. The fraction of sp³-hybridized carbons (Fsp3) is 0.500. The van der Waals surface area contributed by atoms with Crippen LogP contribution < -0.4 is 5.32 Å². The predicted octanol–water partition coefficient (Wildman–Crippen LogP) is 0.153. The lowest BCUT2D eigenvalue weighted by atomic mass is 10.1. The number of benzene rings is 1. The third-order valence-electron chi connectivity index (χ3n) is 2.95. The van der Waals surface area contributed by atoms with Crippen molar-refractivity contribution in [3.8, 4) is 0 Å². The van der Waals surface area contributed by atoms with Gasteiger partial charge in [-0.15, -0.1) is 0 Å². The normalized spacial score (nSPS) is 15.3. The highest BCUT2D eigenvalue weighted by Gasteiger charge is 2.25. The first-order valence-corrected chi connectivity index (χ1v) is 6.90. The van der Waals surface area contributed by atoms with Crippen molar-refractivity contribution in [3.05, 3.63) is 32.3 Å². The number of nitro groups is 1. The molecule has 8 nitrogen and oxygen atoms in total. The van der Waals surface area contributed by atoms with Crippen molar-refractivity contribution in [1.82, 2.24) is 0 Å². The number of rotatable bonds is 7. The summed E-state index contributed by atoms with van der Waals surface area (Å²) in [6.07, 6.45) is -4.44. The highest BCUT2D eigenvalue weighted by Crippen LogP contribution is 2.31. The zero-order valence-corrected chi connectivity index (χ0v) is 12.8. The number of nitrogens with zero attached hydrogens (tertiary/aromatic N) is 1. The average molecular weight is 365 g/mol. The van der Waals surface area contributed by atoms with Crippen LogP contribution in [-0.2, 0) is 0 Å². The smallest absolute Gasteiger partial charge is 0.292 e. The predicted molar refractivity (Wildman–Crippen MR) is 79.1 cm³/mol. The number of nitrogens with one attached hydrogen (secondary N) is 1. The van der Waals surface area contributed by atoms with Crippen LogP contribution in [0.5, 0.6) is 0 Å². The first kappa shape index (κ1) is 17.8. The first-order chi connectivity index (χ1) is 9.77. The summed E-state index contributed by atoms with van der Waals surface area (Å²) in [6.45, 7) is 0.778. The van der Waals surface area contributed by atoms with E-state index in [0.29, 0.717) is 10.0 Å². The van der Waals surface area contributed by atoms with Gasteiger partial charge in [-0.1, -0.05) is 15.9 Å². The molecule has 0 aliphatic carbocycles. The Hall–Kier alpha value is -1.26. The van der Waals surface area contributed by atoms with Crippen LogP contribution >= 0.6 is 15.9 Å². The van der Waals surface area contributed by atoms with Gasteiger partial charge in [-0.3, -0.25) is 10.1 Å². The lowest BCUT2D eigenvalue weighted by Gasteiger charge is -2.22. The molecule has 1 rings (SSSR count). The van der Waals surface area contributed by atoms with Crippen molar-refractivity contribution in [2.75, 3.05) is 18.5 Å². The maximum atomic E-state index is 11.0.